The number of hydrogen-bond donors (Lipinski definition) is 1. The highest BCUT2D eigenvalue weighted by Gasteiger charge is 2.63. The molecular formula is C17H16Cl2N2OS. The Balaban J connectivity index is 1.44. The van der Waals surface area contributed by atoms with Crippen molar-refractivity contribution in [1.82, 2.24) is 10.2 Å². The molecule has 1 N–H and O–H groups in total. The van der Waals surface area contributed by atoms with E-state index >= 15 is 0 Å². The molecule has 3 aliphatic rings. The van der Waals surface area contributed by atoms with E-state index in [0.717, 1.165) is 21.5 Å². The largest absolute Gasteiger partial charge is 0.346 e. The minimum Gasteiger partial charge on any atom is -0.346 e. The van der Waals surface area contributed by atoms with Gasteiger partial charge in [0.15, 0.2) is 0 Å². The van der Waals surface area contributed by atoms with Gasteiger partial charge in [0.2, 0.25) is 0 Å². The van der Waals surface area contributed by atoms with Crippen molar-refractivity contribution in [2.75, 3.05) is 13.1 Å². The third-order valence-corrected chi connectivity index (χ3v) is 7.84. The van der Waals surface area contributed by atoms with E-state index in [9.17, 15) is 4.79 Å². The lowest BCUT2D eigenvalue weighted by atomic mass is 9.92. The van der Waals surface area contributed by atoms with E-state index in [0.29, 0.717) is 22.0 Å². The first-order chi connectivity index (χ1) is 11.1. The summed E-state index contributed by atoms with van der Waals surface area (Å²) < 4.78 is 0.891. The van der Waals surface area contributed by atoms with Crippen LogP contribution in [-0.4, -0.2) is 35.5 Å². The van der Waals surface area contributed by atoms with Gasteiger partial charge in [-0.3, -0.25) is 9.69 Å². The predicted octanol–water partition coefficient (Wildman–Crippen LogP) is 4.17. The lowest BCUT2D eigenvalue weighted by Crippen LogP contribution is -2.51. The molecule has 0 radical (unpaired) electrons. The van der Waals surface area contributed by atoms with Gasteiger partial charge in [-0.05, 0) is 49.2 Å². The molecule has 1 amide bonds. The topological polar surface area (TPSA) is 32.3 Å². The Labute approximate surface area is 148 Å². The van der Waals surface area contributed by atoms with Crippen molar-refractivity contribution in [3.05, 3.63) is 33.1 Å². The summed E-state index contributed by atoms with van der Waals surface area (Å²) in [6.45, 7) is 2.35. The van der Waals surface area contributed by atoms with Crippen LogP contribution in [0.2, 0.25) is 10.0 Å². The second-order valence-electron chi connectivity index (χ2n) is 6.94. The summed E-state index contributed by atoms with van der Waals surface area (Å²) in [4.78, 5) is 16.1. The Morgan fingerprint density at radius 3 is 2.96 bits per heavy atom. The molecule has 2 aliphatic heterocycles. The Morgan fingerprint density at radius 1 is 1.35 bits per heavy atom. The number of piperidine rings is 1. The summed E-state index contributed by atoms with van der Waals surface area (Å²) in [5.74, 6) is 0.650. The van der Waals surface area contributed by atoms with E-state index in [-0.39, 0.29) is 11.4 Å². The molecule has 1 aromatic heterocycles. The maximum atomic E-state index is 12.8. The van der Waals surface area contributed by atoms with Crippen molar-refractivity contribution in [3.8, 4) is 0 Å². The summed E-state index contributed by atoms with van der Waals surface area (Å²) in [6, 6.07) is 5.93. The van der Waals surface area contributed by atoms with Gasteiger partial charge in [0.25, 0.3) is 5.91 Å². The van der Waals surface area contributed by atoms with E-state index in [4.69, 9.17) is 23.2 Å². The van der Waals surface area contributed by atoms with E-state index in [1.54, 1.807) is 6.07 Å². The van der Waals surface area contributed by atoms with Crippen LogP contribution in [0.15, 0.2) is 18.2 Å². The van der Waals surface area contributed by atoms with Crippen LogP contribution in [0.3, 0.4) is 0 Å². The van der Waals surface area contributed by atoms with Crippen molar-refractivity contribution in [1.29, 1.82) is 0 Å². The van der Waals surface area contributed by atoms with Crippen molar-refractivity contribution in [2.24, 2.45) is 5.92 Å². The Kier molecular flexibility index (Phi) is 3.06. The number of nitrogens with one attached hydrogen (secondary N) is 1. The molecule has 3 fully saturated rings. The molecule has 1 aromatic carbocycles. The van der Waals surface area contributed by atoms with E-state index in [2.05, 4.69) is 10.2 Å². The lowest BCUT2D eigenvalue weighted by Gasteiger charge is -2.33. The second-order valence-corrected chi connectivity index (χ2v) is 8.78. The number of benzene rings is 1. The zero-order chi connectivity index (χ0) is 15.8. The normalized spacial score (nSPS) is 30.3. The highest BCUT2D eigenvalue weighted by Crippen LogP contribution is 2.55. The van der Waals surface area contributed by atoms with Crippen LogP contribution in [-0.2, 0) is 0 Å². The molecule has 3 nitrogen and oxygen atoms in total. The number of nitrogens with zero attached hydrogens (tertiary/aromatic N) is 1. The molecule has 1 spiro atoms. The molecule has 1 saturated carbocycles. The number of carbonyl (C=O) groups excluding carboxylic acids is 1. The minimum atomic E-state index is 0.0309. The van der Waals surface area contributed by atoms with Gasteiger partial charge in [0, 0.05) is 12.1 Å². The predicted molar refractivity (Wildman–Crippen MR) is 94.7 cm³/mol. The van der Waals surface area contributed by atoms with Crippen LogP contribution in [0.4, 0.5) is 0 Å². The molecule has 2 aromatic rings. The second kappa shape index (κ2) is 4.85. The molecule has 5 rings (SSSR count). The molecule has 1 aliphatic carbocycles. The van der Waals surface area contributed by atoms with Gasteiger partial charge in [-0.15, -0.1) is 11.3 Å². The first-order valence-electron chi connectivity index (χ1n) is 8.02. The third-order valence-electron chi connectivity index (χ3n) is 5.76. The van der Waals surface area contributed by atoms with Crippen LogP contribution in [0.5, 0.6) is 0 Å². The van der Waals surface area contributed by atoms with Crippen molar-refractivity contribution in [3.63, 3.8) is 0 Å². The van der Waals surface area contributed by atoms with Gasteiger partial charge in [-0.2, -0.15) is 0 Å². The van der Waals surface area contributed by atoms with E-state index < -0.39 is 0 Å². The highest BCUT2D eigenvalue weighted by atomic mass is 35.5. The van der Waals surface area contributed by atoms with Gasteiger partial charge in [0.05, 0.1) is 25.7 Å². The van der Waals surface area contributed by atoms with Crippen LogP contribution in [0.25, 0.3) is 10.1 Å². The minimum absolute atomic E-state index is 0.0309. The van der Waals surface area contributed by atoms with Gasteiger partial charge in [0.1, 0.15) is 0 Å². The molecule has 3 heterocycles. The molecular weight excluding hydrogens is 351 g/mol. The van der Waals surface area contributed by atoms with Gasteiger partial charge < -0.3 is 5.32 Å². The summed E-state index contributed by atoms with van der Waals surface area (Å²) >= 11 is 13.8. The summed E-state index contributed by atoms with van der Waals surface area (Å²) in [6.07, 6.45) is 3.66. The fraction of sp³-hybridized carbons (Fsp3) is 0.471. The number of carbonyl (C=O) groups is 1. The molecule has 2 saturated heterocycles. The maximum absolute atomic E-state index is 12.8. The lowest BCUT2D eigenvalue weighted by molar-refractivity contribution is 0.0896. The third kappa shape index (κ3) is 2.02. The molecule has 3 unspecified atom stereocenters. The molecule has 3 atom stereocenters. The first-order valence-corrected chi connectivity index (χ1v) is 9.59. The smallest absolute Gasteiger partial charge is 0.261 e. The monoisotopic (exact) mass is 366 g/mol. The summed E-state index contributed by atoms with van der Waals surface area (Å²) in [5.41, 5.74) is 0.274. The van der Waals surface area contributed by atoms with E-state index in [1.807, 2.05) is 12.1 Å². The quantitative estimate of drug-likeness (QED) is 0.864. The average Bonchev–Trinajstić information content (AvgIpc) is 2.93. The Bertz CT molecular complexity index is 829. The molecule has 2 bridgehead atoms. The number of fused-ring (bicyclic) bond motifs is 4. The fourth-order valence-corrected chi connectivity index (χ4v) is 5.98. The Morgan fingerprint density at radius 2 is 2.17 bits per heavy atom. The van der Waals surface area contributed by atoms with Crippen LogP contribution in [0, 0.1) is 5.92 Å². The van der Waals surface area contributed by atoms with Crippen molar-refractivity contribution >= 4 is 50.5 Å². The first kappa shape index (κ1) is 14.5. The molecule has 120 valence electrons. The fourth-order valence-electron chi connectivity index (χ4n) is 4.48. The standard InChI is InChI=1S/C17H16Cl2N2OS/c18-11-2-1-9-7-12(23-14(9)13(11)19)16(22)20-15-10-3-6-21(8-10)17(15)4-5-17/h1-2,7,10,15H,3-6,8H2,(H,20,22). The average molecular weight is 367 g/mol. The van der Waals surface area contributed by atoms with Gasteiger partial charge in [-0.25, -0.2) is 0 Å². The van der Waals surface area contributed by atoms with E-state index in [1.165, 1.54) is 37.1 Å². The SMILES string of the molecule is O=C(NC1C2CCN(C2)C12CC2)c1cc2ccc(Cl)c(Cl)c2s1. The van der Waals surface area contributed by atoms with Gasteiger partial charge >= 0.3 is 0 Å². The van der Waals surface area contributed by atoms with Gasteiger partial charge in [-0.1, -0.05) is 29.3 Å². The summed E-state index contributed by atoms with van der Waals surface area (Å²) in [7, 11) is 0. The summed E-state index contributed by atoms with van der Waals surface area (Å²) in [5, 5.41) is 5.38. The van der Waals surface area contributed by atoms with Crippen LogP contribution in [0.1, 0.15) is 28.9 Å². The maximum Gasteiger partial charge on any atom is 0.261 e. The number of rotatable bonds is 2. The Hall–Kier alpha value is -0.810. The van der Waals surface area contributed by atoms with Crippen LogP contribution < -0.4 is 5.32 Å². The number of halogens is 2. The zero-order valence-electron chi connectivity index (χ0n) is 12.4. The number of hydrogen-bond acceptors (Lipinski definition) is 3. The zero-order valence-corrected chi connectivity index (χ0v) is 14.8. The van der Waals surface area contributed by atoms with Crippen LogP contribution >= 0.6 is 34.5 Å². The van der Waals surface area contributed by atoms with Crippen molar-refractivity contribution in [2.45, 2.75) is 30.8 Å². The van der Waals surface area contributed by atoms with Crippen molar-refractivity contribution < 1.29 is 4.79 Å². The highest BCUT2D eigenvalue weighted by molar-refractivity contribution is 7.21. The molecule has 6 heteroatoms. The number of amides is 1. The molecule has 23 heavy (non-hydrogen) atoms. The number of thiophene rings is 1.